The first kappa shape index (κ1) is 22.3. The number of carboxylic acids is 1. The van der Waals surface area contributed by atoms with Crippen LogP contribution in [0.25, 0.3) is 11.3 Å². The molecule has 180 valence electrons. The number of aromatic nitrogens is 1. The highest BCUT2D eigenvalue weighted by molar-refractivity contribution is 6.31. The summed E-state index contributed by atoms with van der Waals surface area (Å²) < 4.78 is 5.72. The van der Waals surface area contributed by atoms with Crippen LogP contribution in [0.5, 0.6) is 0 Å². The van der Waals surface area contributed by atoms with Gasteiger partial charge in [0.15, 0.2) is 11.5 Å². The molecular weight excluding hydrogens is 466 g/mol. The first-order chi connectivity index (χ1) is 17.0. The number of amides is 1. The summed E-state index contributed by atoms with van der Waals surface area (Å²) in [5.41, 5.74) is 5.74. The number of carbonyl (C=O) groups excluding carboxylic acids is 1. The summed E-state index contributed by atoms with van der Waals surface area (Å²) in [6, 6.07) is 14.1. The first-order valence-corrected chi connectivity index (χ1v) is 12.5. The van der Waals surface area contributed by atoms with Crippen LogP contribution in [-0.4, -0.2) is 58.1 Å². The van der Waals surface area contributed by atoms with Gasteiger partial charge in [0.1, 0.15) is 0 Å². The Bertz CT molecular complexity index is 1310. The Hall–Kier alpha value is -3.16. The Labute approximate surface area is 208 Å². The average Bonchev–Trinajstić information content (AvgIpc) is 3.48. The zero-order valence-electron chi connectivity index (χ0n) is 19.2. The van der Waals surface area contributed by atoms with E-state index >= 15 is 0 Å². The molecule has 1 atom stereocenters. The lowest BCUT2D eigenvalue weighted by Crippen LogP contribution is -2.49. The van der Waals surface area contributed by atoms with Crippen LogP contribution in [0.2, 0.25) is 5.02 Å². The maximum atomic E-state index is 13.4. The Morgan fingerprint density at radius 1 is 1.11 bits per heavy atom. The predicted molar refractivity (Wildman–Crippen MR) is 130 cm³/mol. The smallest absolute Gasteiger partial charge is 0.309 e. The molecule has 8 heteroatoms. The molecule has 2 saturated heterocycles. The van der Waals surface area contributed by atoms with Crippen molar-refractivity contribution in [2.75, 3.05) is 26.2 Å². The Kier molecular flexibility index (Phi) is 5.61. The molecule has 2 aliphatic heterocycles. The van der Waals surface area contributed by atoms with Crippen molar-refractivity contribution in [2.45, 2.75) is 31.7 Å². The number of hydrogen-bond donors (Lipinski definition) is 1. The number of halogens is 1. The van der Waals surface area contributed by atoms with E-state index < -0.39 is 5.97 Å². The second-order valence-electron chi connectivity index (χ2n) is 9.82. The van der Waals surface area contributed by atoms with Crippen molar-refractivity contribution in [3.63, 3.8) is 0 Å². The highest BCUT2D eigenvalue weighted by Gasteiger charge is 2.35. The number of aryl methyl sites for hydroxylation is 1. The molecular formula is C27H26ClN3O4. The molecule has 1 aliphatic carbocycles. The third-order valence-corrected chi connectivity index (χ3v) is 7.93. The van der Waals surface area contributed by atoms with Crippen molar-refractivity contribution in [1.29, 1.82) is 0 Å². The lowest BCUT2D eigenvalue weighted by Gasteiger charge is -2.36. The third-order valence-electron chi connectivity index (χ3n) is 7.58. The fourth-order valence-electron chi connectivity index (χ4n) is 5.62. The van der Waals surface area contributed by atoms with Gasteiger partial charge in [-0.05, 0) is 42.0 Å². The fourth-order valence-corrected chi connectivity index (χ4v) is 5.91. The van der Waals surface area contributed by atoms with E-state index in [9.17, 15) is 9.59 Å². The van der Waals surface area contributed by atoms with Gasteiger partial charge in [0.05, 0.1) is 5.92 Å². The maximum Gasteiger partial charge on any atom is 0.309 e. The minimum absolute atomic E-state index is 0.0737. The van der Waals surface area contributed by atoms with Gasteiger partial charge in [0, 0.05) is 54.8 Å². The highest BCUT2D eigenvalue weighted by Crippen LogP contribution is 2.38. The Balaban J connectivity index is 1.17. The van der Waals surface area contributed by atoms with Gasteiger partial charge in [-0.25, -0.2) is 0 Å². The summed E-state index contributed by atoms with van der Waals surface area (Å²) in [7, 11) is 0. The number of aliphatic carboxylic acids is 1. The van der Waals surface area contributed by atoms with E-state index in [1.54, 1.807) is 0 Å². The lowest BCUT2D eigenvalue weighted by atomic mass is 9.88. The maximum absolute atomic E-state index is 13.4. The van der Waals surface area contributed by atoms with Crippen molar-refractivity contribution in [3.05, 3.63) is 75.4 Å². The summed E-state index contributed by atoms with van der Waals surface area (Å²) in [6.45, 7) is 3.24. The molecule has 0 bridgehead atoms. The number of benzene rings is 2. The van der Waals surface area contributed by atoms with Crippen LogP contribution >= 0.6 is 11.6 Å². The molecule has 6 rings (SSSR count). The van der Waals surface area contributed by atoms with Crippen molar-refractivity contribution in [3.8, 4) is 11.3 Å². The summed E-state index contributed by atoms with van der Waals surface area (Å²) in [5, 5.41) is 14.0. The summed E-state index contributed by atoms with van der Waals surface area (Å²) in [5.74, 6) is -0.126. The van der Waals surface area contributed by atoms with E-state index in [0.717, 1.165) is 46.7 Å². The van der Waals surface area contributed by atoms with Crippen LogP contribution in [0.4, 0.5) is 0 Å². The van der Waals surface area contributed by atoms with E-state index in [-0.39, 0.29) is 17.7 Å². The molecule has 2 fully saturated rings. The van der Waals surface area contributed by atoms with Gasteiger partial charge in [-0.2, -0.15) is 0 Å². The zero-order chi connectivity index (χ0) is 24.1. The fraction of sp³-hybridized carbons (Fsp3) is 0.370. The van der Waals surface area contributed by atoms with Crippen molar-refractivity contribution < 1.29 is 19.2 Å². The number of nitrogens with zero attached hydrogens (tertiary/aromatic N) is 3. The molecule has 1 N–H and O–H groups in total. The molecule has 2 aromatic carbocycles. The van der Waals surface area contributed by atoms with E-state index in [1.807, 2.05) is 35.2 Å². The summed E-state index contributed by atoms with van der Waals surface area (Å²) >= 11 is 6.39. The van der Waals surface area contributed by atoms with Crippen LogP contribution in [-0.2, 0) is 24.2 Å². The molecule has 3 aromatic rings. The zero-order valence-corrected chi connectivity index (χ0v) is 20.0. The molecule has 0 saturated carbocycles. The van der Waals surface area contributed by atoms with Crippen molar-refractivity contribution in [1.82, 2.24) is 15.0 Å². The number of hydrogen-bond acceptors (Lipinski definition) is 5. The molecule has 3 heterocycles. The molecule has 1 unspecified atom stereocenters. The molecule has 35 heavy (non-hydrogen) atoms. The second-order valence-corrected chi connectivity index (χ2v) is 10.2. The van der Waals surface area contributed by atoms with Crippen LogP contribution < -0.4 is 0 Å². The number of fused-ring (bicyclic) bond motifs is 3. The minimum atomic E-state index is -0.719. The lowest BCUT2D eigenvalue weighted by molar-refractivity contribution is -0.147. The molecule has 7 nitrogen and oxygen atoms in total. The standard InChI is InChI=1S/C27H26ClN3O4/c28-23-4-2-1-3-20(23)18-9-10-31(15-18)26(32)24-22-8-6-17-11-16(5-7-21(17)25(22)35-29-24)12-30-13-19(14-30)27(33)34/h1-5,7,11,18-19H,6,8-10,12-15H2,(H,33,34). The topological polar surface area (TPSA) is 86.9 Å². The van der Waals surface area contributed by atoms with Crippen LogP contribution in [0.3, 0.4) is 0 Å². The largest absolute Gasteiger partial charge is 0.481 e. The van der Waals surface area contributed by atoms with Gasteiger partial charge < -0.3 is 14.5 Å². The van der Waals surface area contributed by atoms with Gasteiger partial charge in [-0.3, -0.25) is 14.5 Å². The second kappa shape index (κ2) is 8.81. The molecule has 0 spiro atoms. The third kappa shape index (κ3) is 4.02. The van der Waals surface area contributed by atoms with E-state index in [2.05, 4.69) is 22.2 Å². The Morgan fingerprint density at radius 2 is 1.94 bits per heavy atom. The molecule has 1 aromatic heterocycles. The molecule has 1 amide bonds. The van der Waals surface area contributed by atoms with Gasteiger partial charge >= 0.3 is 5.97 Å². The summed E-state index contributed by atoms with van der Waals surface area (Å²) in [4.78, 5) is 28.4. The first-order valence-electron chi connectivity index (χ1n) is 12.1. The van der Waals surface area contributed by atoms with Crippen LogP contribution in [0, 0.1) is 5.92 Å². The highest BCUT2D eigenvalue weighted by atomic mass is 35.5. The average molecular weight is 492 g/mol. The molecule has 3 aliphatic rings. The van der Waals surface area contributed by atoms with Crippen molar-refractivity contribution in [2.24, 2.45) is 5.92 Å². The number of likely N-dealkylation sites (tertiary alicyclic amines) is 2. The normalized spacial score (nSPS) is 19.8. The Morgan fingerprint density at radius 3 is 2.74 bits per heavy atom. The van der Waals surface area contributed by atoms with Crippen LogP contribution in [0.1, 0.15) is 45.1 Å². The predicted octanol–water partition coefficient (Wildman–Crippen LogP) is 4.24. The van der Waals surface area contributed by atoms with Crippen molar-refractivity contribution >= 4 is 23.5 Å². The van der Waals surface area contributed by atoms with Gasteiger partial charge in [-0.1, -0.05) is 53.2 Å². The van der Waals surface area contributed by atoms with E-state index in [1.165, 1.54) is 5.56 Å². The van der Waals surface area contributed by atoms with Crippen LogP contribution in [0.15, 0.2) is 47.0 Å². The van der Waals surface area contributed by atoms with Gasteiger partial charge in [0.2, 0.25) is 0 Å². The SMILES string of the molecule is O=C(O)C1CN(Cc2ccc3c(c2)CCc2c(C(=O)N4CCC(c5ccccc5Cl)C4)noc2-3)C1. The number of carbonyl (C=O) groups is 2. The molecule has 0 radical (unpaired) electrons. The van der Waals surface area contributed by atoms with E-state index in [0.29, 0.717) is 44.1 Å². The minimum Gasteiger partial charge on any atom is -0.481 e. The van der Waals surface area contributed by atoms with Gasteiger partial charge in [-0.15, -0.1) is 0 Å². The van der Waals surface area contributed by atoms with E-state index in [4.69, 9.17) is 21.2 Å². The quantitative estimate of drug-likeness (QED) is 0.574. The number of rotatable bonds is 5. The number of carboxylic acid groups (broad SMARTS) is 1. The summed E-state index contributed by atoms with van der Waals surface area (Å²) in [6.07, 6.45) is 2.41. The monoisotopic (exact) mass is 491 g/mol. The van der Waals surface area contributed by atoms with Gasteiger partial charge in [0.25, 0.3) is 5.91 Å².